The van der Waals surface area contributed by atoms with Crippen LogP contribution in [0, 0.1) is 0 Å². The number of aromatic amines is 2. The van der Waals surface area contributed by atoms with Crippen molar-refractivity contribution >= 4 is 45.3 Å². The van der Waals surface area contributed by atoms with Gasteiger partial charge in [-0.05, 0) is 42.5 Å². The third-order valence-electron chi connectivity index (χ3n) is 5.19. The molecular weight excluding hydrogens is 454 g/mol. The molecule has 1 amide bonds. The molecule has 2 aromatic heterocycles. The van der Waals surface area contributed by atoms with Crippen LogP contribution in [0.5, 0.6) is 5.75 Å². The van der Waals surface area contributed by atoms with Crippen LogP contribution in [0.1, 0.15) is 0 Å². The number of fused-ring (bicyclic) bond motifs is 2. The minimum atomic E-state index is -0.313. The van der Waals surface area contributed by atoms with Crippen LogP contribution >= 0.6 is 11.8 Å². The Morgan fingerprint density at radius 1 is 1.03 bits per heavy atom. The van der Waals surface area contributed by atoms with E-state index in [0.29, 0.717) is 44.2 Å². The van der Waals surface area contributed by atoms with E-state index in [2.05, 4.69) is 20.3 Å². The van der Waals surface area contributed by atoms with E-state index >= 15 is 0 Å². The van der Waals surface area contributed by atoms with E-state index in [9.17, 15) is 14.4 Å². The van der Waals surface area contributed by atoms with Crippen molar-refractivity contribution in [2.45, 2.75) is 5.16 Å². The molecule has 0 aliphatic heterocycles. The summed E-state index contributed by atoms with van der Waals surface area (Å²) in [5.74, 6) is 0.350. The largest absolute Gasteiger partial charge is 0.497 e. The van der Waals surface area contributed by atoms with E-state index in [0.717, 1.165) is 11.8 Å². The maximum Gasteiger partial charge on any atom is 0.323 e. The zero-order valence-corrected chi connectivity index (χ0v) is 18.8. The molecule has 0 saturated carbocycles. The van der Waals surface area contributed by atoms with Crippen LogP contribution in [0.4, 0.5) is 5.69 Å². The van der Waals surface area contributed by atoms with Crippen LogP contribution in [0.25, 0.3) is 27.6 Å². The number of carbonyl (C=O) groups is 1. The summed E-state index contributed by atoms with van der Waals surface area (Å²) >= 11 is 1.15. The van der Waals surface area contributed by atoms with E-state index in [1.54, 1.807) is 67.8 Å². The number of amides is 1. The molecule has 0 spiro atoms. The van der Waals surface area contributed by atoms with Crippen LogP contribution in [-0.4, -0.2) is 38.3 Å². The number of imidazole rings is 1. The third-order valence-corrected chi connectivity index (χ3v) is 6.13. The van der Waals surface area contributed by atoms with Gasteiger partial charge in [-0.25, -0.2) is 9.78 Å². The predicted molar refractivity (Wildman–Crippen MR) is 132 cm³/mol. The number of carbonyl (C=O) groups excluding carboxylic acids is 1. The Morgan fingerprint density at radius 2 is 1.85 bits per heavy atom. The van der Waals surface area contributed by atoms with Gasteiger partial charge < -0.3 is 20.0 Å². The third kappa shape index (κ3) is 4.18. The summed E-state index contributed by atoms with van der Waals surface area (Å²) in [6, 6.07) is 19.3. The maximum absolute atomic E-state index is 13.3. The van der Waals surface area contributed by atoms with E-state index in [-0.39, 0.29) is 22.9 Å². The lowest BCUT2D eigenvalue weighted by Gasteiger charge is -2.14. The Balaban J connectivity index is 1.45. The molecule has 0 saturated heterocycles. The Labute approximate surface area is 196 Å². The number of para-hydroxylation sites is 1. The zero-order valence-electron chi connectivity index (χ0n) is 18.0. The fraction of sp³-hybridized carbons (Fsp3) is 0.0833. The second-order valence-electron chi connectivity index (χ2n) is 7.43. The second-order valence-corrected chi connectivity index (χ2v) is 8.37. The van der Waals surface area contributed by atoms with Gasteiger partial charge in [0.05, 0.1) is 40.5 Å². The molecule has 5 rings (SSSR count). The molecule has 0 bridgehead atoms. The van der Waals surface area contributed by atoms with E-state index < -0.39 is 0 Å². The van der Waals surface area contributed by atoms with Crippen molar-refractivity contribution in [2.75, 3.05) is 18.2 Å². The van der Waals surface area contributed by atoms with Crippen molar-refractivity contribution in [3.05, 3.63) is 87.6 Å². The van der Waals surface area contributed by atoms with Crippen LogP contribution in [0.15, 0.2) is 81.5 Å². The minimum Gasteiger partial charge on any atom is -0.497 e. The highest BCUT2D eigenvalue weighted by Crippen LogP contribution is 2.24. The molecule has 0 unspecified atom stereocenters. The standard InChI is InChI=1S/C24H19N5O4S/c1-33-16-6-4-5-15(12-16)29-22(31)17-7-2-3-8-18(17)28-24(29)34-13-21(30)25-14-9-10-19-20(11-14)27-23(32)26-19/h2-12H,13H2,1H3,(H,25,30)(H2,26,27,32). The number of H-pyrrole nitrogens is 2. The summed E-state index contributed by atoms with van der Waals surface area (Å²) in [5, 5.41) is 3.68. The zero-order chi connectivity index (χ0) is 23.7. The minimum absolute atomic E-state index is 0.0242. The number of benzene rings is 3. The lowest BCUT2D eigenvalue weighted by molar-refractivity contribution is -0.113. The van der Waals surface area contributed by atoms with Gasteiger partial charge in [-0.1, -0.05) is 30.0 Å². The van der Waals surface area contributed by atoms with E-state index in [1.807, 2.05) is 6.07 Å². The van der Waals surface area contributed by atoms with Crippen molar-refractivity contribution in [2.24, 2.45) is 0 Å². The molecule has 34 heavy (non-hydrogen) atoms. The molecule has 0 radical (unpaired) electrons. The highest BCUT2D eigenvalue weighted by atomic mass is 32.2. The Bertz CT molecular complexity index is 1650. The topological polar surface area (TPSA) is 122 Å². The molecule has 0 aliphatic rings. The highest BCUT2D eigenvalue weighted by molar-refractivity contribution is 7.99. The molecule has 170 valence electrons. The van der Waals surface area contributed by atoms with Crippen molar-refractivity contribution < 1.29 is 9.53 Å². The van der Waals surface area contributed by atoms with Gasteiger partial charge in [0.25, 0.3) is 5.56 Å². The monoisotopic (exact) mass is 473 g/mol. The fourth-order valence-corrected chi connectivity index (χ4v) is 4.44. The van der Waals surface area contributed by atoms with Gasteiger partial charge in [0, 0.05) is 11.8 Å². The first-order valence-electron chi connectivity index (χ1n) is 10.3. The van der Waals surface area contributed by atoms with Gasteiger partial charge in [-0.2, -0.15) is 0 Å². The molecular formula is C24H19N5O4S. The first-order chi connectivity index (χ1) is 16.5. The second kappa shape index (κ2) is 8.91. The lowest BCUT2D eigenvalue weighted by Crippen LogP contribution is -2.23. The van der Waals surface area contributed by atoms with E-state index in [1.165, 1.54) is 4.57 Å². The average molecular weight is 474 g/mol. The molecule has 2 heterocycles. The molecule has 3 aromatic carbocycles. The molecule has 10 heteroatoms. The van der Waals surface area contributed by atoms with Crippen molar-refractivity contribution in [1.82, 2.24) is 19.5 Å². The summed E-state index contributed by atoms with van der Waals surface area (Å²) in [5.41, 5.74) is 2.39. The number of anilines is 1. The first kappa shape index (κ1) is 21.5. The molecule has 3 N–H and O–H groups in total. The fourth-order valence-electron chi connectivity index (χ4n) is 3.62. The van der Waals surface area contributed by atoms with Crippen molar-refractivity contribution in [1.29, 1.82) is 0 Å². The molecule has 9 nitrogen and oxygen atoms in total. The van der Waals surface area contributed by atoms with Crippen LogP contribution in [0.3, 0.4) is 0 Å². The number of aromatic nitrogens is 4. The summed E-state index contributed by atoms with van der Waals surface area (Å²) in [6.07, 6.45) is 0. The Kier molecular flexibility index (Phi) is 5.64. The Morgan fingerprint density at radius 3 is 2.71 bits per heavy atom. The van der Waals surface area contributed by atoms with Gasteiger partial charge in [-0.3, -0.25) is 14.2 Å². The molecule has 0 aliphatic carbocycles. The van der Waals surface area contributed by atoms with Gasteiger partial charge in [-0.15, -0.1) is 0 Å². The lowest BCUT2D eigenvalue weighted by atomic mass is 10.2. The maximum atomic E-state index is 13.3. The Hall–Kier alpha value is -4.31. The SMILES string of the molecule is COc1cccc(-n2c(SCC(=O)Nc3ccc4[nH]c(=O)[nH]c4c3)nc3ccccc3c2=O)c1. The molecule has 5 aromatic rings. The number of thioether (sulfide) groups is 1. The first-order valence-corrected chi connectivity index (χ1v) is 11.3. The number of hydrogen-bond acceptors (Lipinski definition) is 6. The quantitative estimate of drug-likeness (QED) is 0.257. The van der Waals surface area contributed by atoms with Crippen LogP contribution in [-0.2, 0) is 4.79 Å². The number of rotatable bonds is 6. The van der Waals surface area contributed by atoms with Gasteiger partial charge >= 0.3 is 5.69 Å². The van der Waals surface area contributed by atoms with Crippen molar-refractivity contribution in [3.8, 4) is 11.4 Å². The molecule has 0 atom stereocenters. The van der Waals surface area contributed by atoms with E-state index in [4.69, 9.17) is 4.74 Å². The number of nitrogens with zero attached hydrogens (tertiary/aromatic N) is 2. The highest BCUT2D eigenvalue weighted by Gasteiger charge is 2.15. The number of hydrogen-bond donors (Lipinski definition) is 3. The number of methoxy groups -OCH3 is 1. The number of ether oxygens (including phenoxy) is 1. The predicted octanol–water partition coefficient (Wildman–Crippen LogP) is 3.29. The average Bonchev–Trinajstić information content (AvgIpc) is 3.22. The summed E-state index contributed by atoms with van der Waals surface area (Å²) in [4.78, 5) is 47.4. The smallest absolute Gasteiger partial charge is 0.323 e. The van der Waals surface area contributed by atoms with Gasteiger partial charge in [0.2, 0.25) is 5.91 Å². The van der Waals surface area contributed by atoms with Crippen LogP contribution < -0.4 is 21.3 Å². The summed E-state index contributed by atoms with van der Waals surface area (Å²) in [6.45, 7) is 0. The van der Waals surface area contributed by atoms with Crippen molar-refractivity contribution in [3.63, 3.8) is 0 Å². The van der Waals surface area contributed by atoms with Crippen LogP contribution in [0.2, 0.25) is 0 Å². The molecule has 0 fully saturated rings. The number of nitrogens with one attached hydrogen (secondary N) is 3. The summed E-state index contributed by atoms with van der Waals surface area (Å²) in [7, 11) is 1.56. The normalized spacial score (nSPS) is 11.1. The summed E-state index contributed by atoms with van der Waals surface area (Å²) < 4.78 is 6.79. The van der Waals surface area contributed by atoms with Gasteiger partial charge in [0.1, 0.15) is 5.75 Å². The van der Waals surface area contributed by atoms with Gasteiger partial charge in [0.15, 0.2) is 5.16 Å².